The molecule has 1 aromatic carbocycles. The third-order valence-corrected chi connectivity index (χ3v) is 5.02. The molecule has 6 heteroatoms. The summed E-state index contributed by atoms with van der Waals surface area (Å²) in [5, 5.41) is 2.40. The quantitative estimate of drug-likeness (QED) is 0.864. The summed E-state index contributed by atoms with van der Waals surface area (Å²) in [6.07, 6.45) is 0.609. The van der Waals surface area contributed by atoms with Crippen molar-refractivity contribution >= 4 is 40.4 Å². The lowest BCUT2D eigenvalue weighted by Gasteiger charge is -2.24. The largest absolute Gasteiger partial charge is 0.329 e. The van der Waals surface area contributed by atoms with Crippen molar-refractivity contribution in [3.05, 3.63) is 51.7 Å². The van der Waals surface area contributed by atoms with Crippen LogP contribution in [0.25, 0.3) is 0 Å². The molecule has 114 valence electrons. The van der Waals surface area contributed by atoms with E-state index in [4.69, 9.17) is 11.6 Å². The first-order chi connectivity index (χ1) is 10.6. The Labute approximate surface area is 137 Å². The van der Waals surface area contributed by atoms with Crippen molar-refractivity contribution in [2.75, 3.05) is 18.5 Å². The van der Waals surface area contributed by atoms with Gasteiger partial charge in [0.1, 0.15) is 6.04 Å². The van der Waals surface area contributed by atoms with Gasteiger partial charge >= 0.3 is 0 Å². The van der Waals surface area contributed by atoms with Crippen LogP contribution in [-0.2, 0) is 4.79 Å². The molecule has 0 aliphatic carbocycles. The highest BCUT2D eigenvalue weighted by Crippen LogP contribution is 2.30. The van der Waals surface area contributed by atoms with Gasteiger partial charge in [0.15, 0.2) is 0 Å². The van der Waals surface area contributed by atoms with Crippen molar-refractivity contribution in [1.29, 1.82) is 0 Å². The Morgan fingerprint density at radius 3 is 2.77 bits per heavy atom. The van der Waals surface area contributed by atoms with Gasteiger partial charge in [-0.05, 0) is 30.0 Å². The molecule has 0 radical (unpaired) electrons. The van der Waals surface area contributed by atoms with Crippen LogP contribution in [0.5, 0.6) is 0 Å². The molecular weight excluding hydrogens is 320 g/mol. The SMILES string of the molecule is CN(C(=O)c1cccs1)C1CCN(c2ccccc2Cl)C1=O. The van der Waals surface area contributed by atoms with E-state index in [2.05, 4.69) is 0 Å². The summed E-state index contributed by atoms with van der Waals surface area (Å²) in [4.78, 5) is 28.9. The summed E-state index contributed by atoms with van der Waals surface area (Å²) >= 11 is 7.55. The van der Waals surface area contributed by atoms with Crippen molar-refractivity contribution in [1.82, 2.24) is 4.90 Å². The number of hydrogen-bond donors (Lipinski definition) is 0. The number of thiophene rings is 1. The second kappa shape index (κ2) is 6.10. The summed E-state index contributed by atoms with van der Waals surface area (Å²) in [7, 11) is 1.68. The monoisotopic (exact) mass is 334 g/mol. The van der Waals surface area contributed by atoms with E-state index in [-0.39, 0.29) is 11.8 Å². The maximum Gasteiger partial charge on any atom is 0.264 e. The van der Waals surface area contributed by atoms with Crippen LogP contribution in [0.2, 0.25) is 5.02 Å². The van der Waals surface area contributed by atoms with Crippen LogP contribution in [0, 0.1) is 0 Å². The van der Waals surface area contributed by atoms with Gasteiger partial charge in [0, 0.05) is 13.6 Å². The highest BCUT2D eigenvalue weighted by atomic mass is 35.5. The lowest BCUT2D eigenvalue weighted by molar-refractivity contribution is -0.120. The van der Waals surface area contributed by atoms with Gasteiger partial charge in [-0.3, -0.25) is 9.59 Å². The Kier molecular flexibility index (Phi) is 4.18. The molecule has 0 saturated carbocycles. The van der Waals surface area contributed by atoms with Gasteiger partial charge in [-0.1, -0.05) is 29.8 Å². The van der Waals surface area contributed by atoms with Crippen molar-refractivity contribution in [3.8, 4) is 0 Å². The van der Waals surface area contributed by atoms with Gasteiger partial charge in [-0.2, -0.15) is 0 Å². The van der Waals surface area contributed by atoms with Crippen molar-refractivity contribution in [2.24, 2.45) is 0 Å². The molecule has 1 aliphatic heterocycles. The number of anilines is 1. The third-order valence-electron chi connectivity index (χ3n) is 3.84. The Morgan fingerprint density at radius 2 is 2.09 bits per heavy atom. The van der Waals surface area contributed by atoms with Gasteiger partial charge in [0.05, 0.1) is 15.6 Å². The summed E-state index contributed by atoms with van der Waals surface area (Å²) < 4.78 is 0. The Balaban J connectivity index is 1.79. The number of para-hydroxylation sites is 1. The zero-order valence-electron chi connectivity index (χ0n) is 12.0. The molecule has 0 bridgehead atoms. The van der Waals surface area contributed by atoms with Crippen LogP contribution in [0.15, 0.2) is 41.8 Å². The predicted molar refractivity (Wildman–Crippen MR) is 88.6 cm³/mol. The number of likely N-dealkylation sites (N-methyl/N-ethyl adjacent to an activating group) is 1. The van der Waals surface area contributed by atoms with Crippen LogP contribution >= 0.6 is 22.9 Å². The van der Waals surface area contributed by atoms with E-state index >= 15 is 0 Å². The lowest BCUT2D eigenvalue weighted by atomic mass is 10.2. The predicted octanol–water partition coefficient (Wildman–Crippen LogP) is 3.28. The number of benzene rings is 1. The zero-order chi connectivity index (χ0) is 15.7. The molecular formula is C16H15ClN2O2S. The minimum absolute atomic E-state index is 0.0829. The molecule has 0 spiro atoms. The zero-order valence-corrected chi connectivity index (χ0v) is 13.6. The second-order valence-corrected chi connectivity index (χ2v) is 6.49. The van der Waals surface area contributed by atoms with Crippen LogP contribution in [0.3, 0.4) is 0 Å². The van der Waals surface area contributed by atoms with E-state index < -0.39 is 6.04 Å². The van der Waals surface area contributed by atoms with Crippen LogP contribution in [-0.4, -0.2) is 36.3 Å². The highest BCUT2D eigenvalue weighted by Gasteiger charge is 2.38. The molecule has 1 unspecified atom stereocenters. The Bertz CT molecular complexity index is 702. The first-order valence-electron chi connectivity index (χ1n) is 6.96. The number of halogens is 1. The average molecular weight is 335 g/mol. The minimum Gasteiger partial charge on any atom is -0.329 e. The van der Waals surface area contributed by atoms with E-state index in [1.165, 1.54) is 16.2 Å². The van der Waals surface area contributed by atoms with Crippen molar-refractivity contribution in [2.45, 2.75) is 12.5 Å². The third kappa shape index (κ3) is 2.62. The maximum absolute atomic E-state index is 12.7. The number of hydrogen-bond acceptors (Lipinski definition) is 3. The molecule has 2 aromatic rings. The molecule has 1 fully saturated rings. The molecule has 1 atom stereocenters. The van der Waals surface area contributed by atoms with Gasteiger partial charge < -0.3 is 9.80 Å². The fraction of sp³-hybridized carbons (Fsp3) is 0.250. The van der Waals surface area contributed by atoms with Crippen molar-refractivity contribution in [3.63, 3.8) is 0 Å². The fourth-order valence-corrected chi connectivity index (χ4v) is 3.59. The second-order valence-electron chi connectivity index (χ2n) is 5.14. The molecule has 1 aromatic heterocycles. The summed E-state index contributed by atoms with van der Waals surface area (Å²) in [6.45, 7) is 0.565. The summed E-state index contributed by atoms with van der Waals surface area (Å²) in [5.74, 6) is -0.199. The number of amides is 2. The van der Waals surface area contributed by atoms with Crippen LogP contribution in [0.4, 0.5) is 5.69 Å². The number of carbonyl (C=O) groups excluding carboxylic acids is 2. The number of nitrogens with zero attached hydrogens (tertiary/aromatic N) is 2. The van der Waals surface area contributed by atoms with Crippen LogP contribution in [0.1, 0.15) is 16.1 Å². The highest BCUT2D eigenvalue weighted by molar-refractivity contribution is 7.12. The smallest absolute Gasteiger partial charge is 0.264 e. The molecule has 0 N–H and O–H groups in total. The average Bonchev–Trinajstić information content (AvgIpc) is 3.16. The normalized spacial score (nSPS) is 17.8. The molecule has 1 aliphatic rings. The first kappa shape index (κ1) is 15.1. The number of carbonyl (C=O) groups is 2. The minimum atomic E-state index is -0.439. The van der Waals surface area contributed by atoms with Crippen molar-refractivity contribution < 1.29 is 9.59 Å². The Morgan fingerprint density at radius 1 is 1.32 bits per heavy atom. The lowest BCUT2D eigenvalue weighted by Crippen LogP contribution is -2.42. The molecule has 2 heterocycles. The van der Waals surface area contributed by atoms with E-state index in [9.17, 15) is 9.59 Å². The van der Waals surface area contributed by atoms with Gasteiger partial charge in [0.25, 0.3) is 5.91 Å². The molecule has 22 heavy (non-hydrogen) atoms. The van der Waals surface area contributed by atoms with E-state index in [0.29, 0.717) is 28.6 Å². The standard InChI is InChI=1S/C16H15ClN2O2S/c1-18(16(21)14-7-4-10-22-14)13-8-9-19(15(13)20)12-6-3-2-5-11(12)17/h2-7,10,13H,8-9H2,1H3. The Hall–Kier alpha value is -1.85. The molecule has 1 saturated heterocycles. The topological polar surface area (TPSA) is 40.6 Å². The molecule has 4 nitrogen and oxygen atoms in total. The van der Waals surface area contributed by atoms with Gasteiger partial charge in [-0.15, -0.1) is 11.3 Å². The first-order valence-corrected chi connectivity index (χ1v) is 8.22. The maximum atomic E-state index is 12.7. The molecule has 3 rings (SSSR count). The van der Waals surface area contributed by atoms with E-state index in [1.54, 1.807) is 24.1 Å². The van der Waals surface area contributed by atoms with E-state index in [0.717, 1.165) is 0 Å². The van der Waals surface area contributed by atoms with Crippen LogP contribution < -0.4 is 4.90 Å². The fourth-order valence-electron chi connectivity index (χ4n) is 2.65. The van der Waals surface area contributed by atoms with E-state index in [1.807, 2.05) is 29.6 Å². The summed E-state index contributed by atoms with van der Waals surface area (Å²) in [5.41, 5.74) is 0.702. The number of rotatable bonds is 3. The van der Waals surface area contributed by atoms with Gasteiger partial charge in [0.2, 0.25) is 5.91 Å². The summed E-state index contributed by atoms with van der Waals surface area (Å²) in [6, 6.07) is 10.4. The van der Waals surface area contributed by atoms with Gasteiger partial charge in [-0.25, -0.2) is 0 Å². The molecule has 2 amide bonds.